The summed E-state index contributed by atoms with van der Waals surface area (Å²) in [6.45, 7) is 6.84. The first-order valence-electron chi connectivity index (χ1n) is 11.0. The summed E-state index contributed by atoms with van der Waals surface area (Å²) in [5.74, 6) is 1.78. The predicted octanol–water partition coefficient (Wildman–Crippen LogP) is 4.90. The van der Waals surface area contributed by atoms with E-state index in [0.717, 1.165) is 43.6 Å². The summed E-state index contributed by atoms with van der Waals surface area (Å²) in [6.07, 6.45) is 3.51. The number of aromatic amines is 1. The van der Waals surface area contributed by atoms with E-state index in [1.54, 1.807) is 12.3 Å². The molecule has 8 heteroatoms. The first-order chi connectivity index (χ1) is 15.7. The molecular weight excluding hydrogens is 405 g/mol. The fraction of sp³-hybridized carbons (Fsp3) is 0.333. The van der Waals surface area contributed by atoms with Crippen LogP contribution in [0.2, 0.25) is 0 Å². The Morgan fingerprint density at radius 3 is 2.72 bits per heavy atom. The van der Waals surface area contributed by atoms with Crippen LogP contribution in [-0.2, 0) is 13.1 Å². The summed E-state index contributed by atoms with van der Waals surface area (Å²) in [6, 6.07) is 13.1. The van der Waals surface area contributed by atoms with Gasteiger partial charge in [-0.25, -0.2) is 19.3 Å². The Morgan fingerprint density at radius 2 is 1.91 bits per heavy atom. The molecule has 0 radical (unpaired) electrons. The van der Waals surface area contributed by atoms with E-state index in [-0.39, 0.29) is 0 Å². The highest BCUT2D eigenvalue weighted by Gasteiger charge is 2.13. The molecule has 0 aliphatic carbocycles. The highest BCUT2D eigenvalue weighted by atomic mass is 19.1. The second-order valence-corrected chi connectivity index (χ2v) is 7.59. The Kier molecular flexibility index (Phi) is 7.01. The van der Waals surface area contributed by atoms with Crippen LogP contribution in [0.25, 0.3) is 22.4 Å². The number of halogens is 1. The largest absolute Gasteiger partial charge is 0.323 e. The molecule has 3 heterocycles. The van der Waals surface area contributed by atoms with Gasteiger partial charge < -0.3 is 10.2 Å². The number of fused-ring (bicyclic) bond motifs is 1. The normalized spacial score (nSPS) is 11.4. The van der Waals surface area contributed by atoms with Gasteiger partial charge in [-0.05, 0) is 50.2 Å². The van der Waals surface area contributed by atoms with Gasteiger partial charge in [-0.1, -0.05) is 38.1 Å². The molecule has 7 nitrogen and oxygen atoms in total. The zero-order valence-corrected chi connectivity index (χ0v) is 18.5. The maximum absolute atomic E-state index is 13.6. The molecule has 0 saturated carbocycles. The van der Waals surface area contributed by atoms with Gasteiger partial charge in [0.05, 0.1) is 5.39 Å². The van der Waals surface area contributed by atoms with Crippen LogP contribution in [0.5, 0.6) is 0 Å². The van der Waals surface area contributed by atoms with Gasteiger partial charge in [0.2, 0.25) is 0 Å². The molecule has 0 aliphatic heterocycles. The number of hydrogen-bond donors (Lipinski definition) is 2. The van der Waals surface area contributed by atoms with E-state index in [4.69, 9.17) is 9.97 Å². The van der Waals surface area contributed by atoms with Crippen molar-refractivity contribution < 1.29 is 4.39 Å². The third kappa shape index (κ3) is 4.91. The van der Waals surface area contributed by atoms with Gasteiger partial charge in [-0.15, -0.1) is 0 Å². The summed E-state index contributed by atoms with van der Waals surface area (Å²) in [5, 5.41) is 11.4. The van der Waals surface area contributed by atoms with Crippen LogP contribution in [-0.4, -0.2) is 49.7 Å². The molecule has 0 spiro atoms. The van der Waals surface area contributed by atoms with Crippen molar-refractivity contribution in [2.75, 3.05) is 25.0 Å². The van der Waals surface area contributed by atoms with E-state index in [1.807, 2.05) is 36.4 Å². The molecule has 4 rings (SSSR count). The van der Waals surface area contributed by atoms with Crippen molar-refractivity contribution in [3.8, 4) is 11.4 Å². The van der Waals surface area contributed by atoms with Gasteiger partial charge in [0.15, 0.2) is 17.3 Å². The van der Waals surface area contributed by atoms with E-state index in [1.165, 1.54) is 0 Å². The lowest BCUT2D eigenvalue weighted by Gasteiger charge is -2.17. The first-order valence-corrected chi connectivity index (χ1v) is 11.0. The van der Waals surface area contributed by atoms with Crippen LogP contribution in [0.1, 0.15) is 31.5 Å². The number of aryl methyl sites for hydroxylation is 1. The van der Waals surface area contributed by atoms with Crippen molar-refractivity contribution in [1.29, 1.82) is 0 Å². The summed E-state index contributed by atoms with van der Waals surface area (Å²) in [7, 11) is 0. The zero-order chi connectivity index (χ0) is 22.3. The second kappa shape index (κ2) is 10.3. The molecule has 0 aliphatic rings. The average Bonchev–Trinajstić information content (AvgIpc) is 3.24. The predicted molar refractivity (Wildman–Crippen MR) is 126 cm³/mol. The highest BCUT2D eigenvalue weighted by molar-refractivity contribution is 5.88. The van der Waals surface area contributed by atoms with E-state index < -0.39 is 6.67 Å². The van der Waals surface area contributed by atoms with Gasteiger partial charge in [0, 0.05) is 23.5 Å². The smallest absolute Gasteiger partial charge is 0.162 e. The number of aromatic nitrogens is 5. The van der Waals surface area contributed by atoms with Crippen LogP contribution in [0.4, 0.5) is 16.0 Å². The van der Waals surface area contributed by atoms with Gasteiger partial charge >= 0.3 is 0 Å². The van der Waals surface area contributed by atoms with Crippen molar-refractivity contribution in [1.82, 2.24) is 30.0 Å². The lowest BCUT2D eigenvalue weighted by atomic mass is 10.1. The third-order valence-corrected chi connectivity index (χ3v) is 5.57. The van der Waals surface area contributed by atoms with E-state index >= 15 is 0 Å². The number of nitrogens with one attached hydrogen (secondary N) is 2. The molecule has 166 valence electrons. The fourth-order valence-corrected chi connectivity index (χ4v) is 3.76. The Hall–Kier alpha value is -3.39. The fourth-order valence-electron chi connectivity index (χ4n) is 3.76. The van der Waals surface area contributed by atoms with Gasteiger partial charge in [-0.3, -0.25) is 5.10 Å². The molecule has 0 saturated heterocycles. The maximum Gasteiger partial charge on any atom is 0.162 e. The minimum atomic E-state index is -0.565. The second-order valence-electron chi connectivity index (χ2n) is 7.59. The molecule has 32 heavy (non-hydrogen) atoms. The lowest BCUT2D eigenvalue weighted by molar-refractivity contribution is 0.299. The molecule has 0 bridgehead atoms. The van der Waals surface area contributed by atoms with Crippen LogP contribution in [0.3, 0.4) is 0 Å². The van der Waals surface area contributed by atoms with Crippen molar-refractivity contribution >= 4 is 22.7 Å². The molecule has 0 fully saturated rings. The Morgan fingerprint density at radius 1 is 1.06 bits per heavy atom. The van der Waals surface area contributed by atoms with Crippen molar-refractivity contribution in [2.45, 2.75) is 33.4 Å². The number of H-pyrrole nitrogens is 1. The molecular formula is C24H28FN7. The summed E-state index contributed by atoms with van der Waals surface area (Å²) < 4.78 is 13.6. The summed E-state index contributed by atoms with van der Waals surface area (Å²) in [4.78, 5) is 16.1. The molecule has 0 unspecified atom stereocenters. The number of anilines is 2. The highest BCUT2D eigenvalue weighted by Crippen LogP contribution is 2.26. The number of nitrogens with zero attached hydrogens (tertiary/aromatic N) is 5. The number of pyridine rings is 1. The number of hydrogen-bond acceptors (Lipinski definition) is 6. The molecule has 1 aromatic carbocycles. The maximum atomic E-state index is 13.6. The topological polar surface area (TPSA) is 82.6 Å². The van der Waals surface area contributed by atoms with E-state index in [2.05, 4.69) is 39.2 Å². The zero-order valence-electron chi connectivity index (χ0n) is 18.5. The quantitative estimate of drug-likeness (QED) is 0.370. The summed E-state index contributed by atoms with van der Waals surface area (Å²) >= 11 is 0. The van der Waals surface area contributed by atoms with Crippen molar-refractivity contribution in [3.05, 3.63) is 59.9 Å². The number of rotatable bonds is 10. The molecule has 2 N–H and O–H groups in total. The summed E-state index contributed by atoms with van der Waals surface area (Å²) in [5.41, 5.74) is 2.90. The minimum absolute atomic E-state index is 0.513. The Labute approximate surface area is 187 Å². The number of benzene rings is 1. The Bertz CT molecular complexity index is 1170. The van der Waals surface area contributed by atoms with Crippen molar-refractivity contribution in [2.24, 2.45) is 0 Å². The van der Waals surface area contributed by atoms with Crippen LogP contribution < -0.4 is 5.32 Å². The third-order valence-electron chi connectivity index (χ3n) is 5.57. The van der Waals surface area contributed by atoms with Gasteiger partial charge in [-0.2, -0.15) is 5.10 Å². The van der Waals surface area contributed by atoms with E-state index in [9.17, 15) is 4.39 Å². The van der Waals surface area contributed by atoms with Gasteiger partial charge in [0.25, 0.3) is 0 Å². The monoisotopic (exact) mass is 433 g/mol. The Balaban J connectivity index is 1.66. The lowest BCUT2D eigenvalue weighted by Crippen LogP contribution is -2.24. The molecule has 0 atom stereocenters. The molecule has 0 amide bonds. The number of alkyl halides is 1. The van der Waals surface area contributed by atoms with Crippen LogP contribution >= 0.6 is 0 Å². The first kappa shape index (κ1) is 21.8. The average molecular weight is 434 g/mol. The SMILES string of the molecule is CCN(CC)CCCc1cc(Nc2n[nH]c3ncccc23)nc(-c2ccccc2CF)n1. The van der Waals surface area contributed by atoms with E-state index in [0.29, 0.717) is 34.2 Å². The minimum Gasteiger partial charge on any atom is -0.323 e. The van der Waals surface area contributed by atoms with Gasteiger partial charge in [0.1, 0.15) is 12.5 Å². The molecule has 3 aromatic heterocycles. The van der Waals surface area contributed by atoms with Crippen LogP contribution in [0, 0.1) is 0 Å². The molecule has 4 aromatic rings. The van der Waals surface area contributed by atoms with Crippen molar-refractivity contribution in [3.63, 3.8) is 0 Å². The standard InChI is InChI=1S/C24H28FN7/c1-3-32(4-2)14-8-10-18-15-21(29-24-20-12-7-13-26-22(20)30-31-24)28-23(27-18)19-11-6-5-9-17(19)16-25/h5-7,9,11-13,15H,3-4,8,10,14,16H2,1-2H3,(H2,26,27,28,29,30,31). The van der Waals surface area contributed by atoms with Crippen LogP contribution in [0.15, 0.2) is 48.7 Å².